The van der Waals surface area contributed by atoms with E-state index in [0.29, 0.717) is 33.8 Å². The molecule has 12 heteroatoms. The number of benzene rings is 2. The number of carbonyl (C=O) groups is 2. The zero-order valence-corrected chi connectivity index (χ0v) is 26.2. The van der Waals surface area contributed by atoms with Gasteiger partial charge in [0, 0.05) is 36.3 Å². The smallest absolute Gasteiger partial charge is 0.320 e. The predicted molar refractivity (Wildman–Crippen MR) is 169 cm³/mol. The average molecular weight is 628 g/mol. The lowest BCUT2D eigenvalue weighted by molar-refractivity contribution is -0.156. The highest BCUT2D eigenvalue weighted by atomic mass is 35.5. The van der Waals surface area contributed by atoms with Crippen molar-refractivity contribution in [1.82, 2.24) is 14.9 Å². The Morgan fingerprint density at radius 2 is 1.95 bits per heavy atom. The highest BCUT2D eigenvalue weighted by Crippen LogP contribution is 2.36. The first kappa shape index (κ1) is 33.1. The molecule has 1 atom stereocenters. The summed E-state index contributed by atoms with van der Waals surface area (Å²) in [6.07, 6.45) is 7.74. The molecule has 0 spiro atoms. The first-order chi connectivity index (χ1) is 20.9. The monoisotopic (exact) mass is 627 g/mol. The van der Waals surface area contributed by atoms with Gasteiger partial charge in [-0.05, 0) is 77.6 Å². The Morgan fingerprint density at radius 1 is 1.20 bits per heavy atom. The number of halogens is 2. The molecule has 0 saturated heterocycles. The number of hydrogen-bond acceptors (Lipinski definition) is 9. The summed E-state index contributed by atoms with van der Waals surface area (Å²) in [7, 11) is 0. The number of nitrogens with one attached hydrogen (secondary N) is 2. The minimum atomic E-state index is -0.677. The molecule has 0 radical (unpaired) electrons. The zero-order chi connectivity index (χ0) is 31.9. The van der Waals surface area contributed by atoms with E-state index >= 15 is 0 Å². The number of aliphatic hydroxyl groups excluding tert-OH is 1. The van der Waals surface area contributed by atoms with Crippen LogP contribution in [0.4, 0.5) is 21.6 Å². The van der Waals surface area contributed by atoms with Crippen LogP contribution in [0, 0.1) is 5.82 Å². The minimum absolute atomic E-state index is 0.0290. The molecular formula is C32H39ClFN5O5. The van der Waals surface area contributed by atoms with E-state index in [0.717, 1.165) is 25.7 Å². The van der Waals surface area contributed by atoms with Gasteiger partial charge in [-0.25, -0.2) is 14.4 Å². The first-order valence-electron chi connectivity index (χ1n) is 14.6. The third-order valence-corrected chi connectivity index (χ3v) is 6.99. The topological polar surface area (TPSA) is 126 Å². The van der Waals surface area contributed by atoms with Crippen molar-refractivity contribution in [3.63, 3.8) is 0 Å². The second-order valence-electron chi connectivity index (χ2n) is 11.9. The standard InChI is InChI=1S/C32H39ClFN5O5/c1-20(40)17-39(18-30(42)44-32(2,3)4)13-7-10-29(41)38-27-15-23-26(16-28(27)43-22-8-5-6-9-22)35-19-36-31(23)37-21-11-12-25(34)24(33)14-21/h7,10-12,14-16,19-20,22,40H,5-6,8-9,13,17-18H2,1-4H3,(H,38,41)(H,35,36,37)/t20-/m1/s1. The van der Waals surface area contributed by atoms with Gasteiger partial charge in [-0.3, -0.25) is 14.5 Å². The quantitative estimate of drug-likeness (QED) is 0.164. The van der Waals surface area contributed by atoms with E-state index in [1.54, 1.807) is 56.9 Å². The van der Waals surface area contributed by atoms with Crippen LogP contribution in [0.3, 0.4) is 0 Å². The SMILES string of the molecule is C[C@@H](O)CN(CC=CC(=O)Nc1cc2c(Nc3ccc(F)c(Cl)c3)ncnc2cc1OC1CCCC1)CC(=O)OC(C)(C)C. The summed E-state index contributed by atoms with van der Waals surface area (Å²) >= 11 is 5.96. The predicted octanol–water partition coefficient (Wildman–Crippen LogP) is 6.01. The summed E-state index contributed by atoms with van der Waals surface area (Å²) in [5.41, 5.74) is 0.926. The van der Waals surface area contributed by atoms with Crippen molar-refractivity contribution in [1.29, 1.82) is 0 Å². The van der Waals surface area contributed by atoms with Crippen molar-refractivity contribution in [2.24, 2.45) is 0 Å². The van der Waals surface area contributed by atoms with Gasteiger partial charge in [0.05, 0.1) is 35.0 Å². The first-order valence-corrected chi connectivity index (χ1v) is 15.0. The molecule has 3 N–H and O–H groups in total. The number of ether oxygens (including phenoxy) is 2. The van der Waals surface area contributed by atoms with Gasteiger partial charge in [0.2, 0.25) is 5.91 Å². The molecule has 1 saturated carbocycles. The van der Waals surface area contributed by atoms with Crippen LogP contribution in [0.5, 0.6) is 5.75 Å². The van der Waals surface area contributed by atoms with Crippen molar-refractivity contribution < 1.29 is 28.6 Å². The van der Waals surface area contributed by atoms with E-state index in [2.05, 4.69) is 20.6 Å². The molecule has 2 aromatic carbocycles. The molecule has 1 amide bonds. The molecule has 1 aliphatic carbocycles. The van der Waals surface area contributed by atoms with E-state index in [9.17, 15) is 19.1 Å². The van der Waals surface area contributed by atoms with Gasteiger partial charge in [0.25, 0.3) is 0 Å². The molecule has 1 fully saturated rings. The van der Waals surface area contributed by atoms with Crippen LogP contribution in [0.15, 0.2) is 48.8 Å². The summed E-state index contributed by atoms with van der Waals surface area (Å²) in [5, 5.41) is 16.5. The van der Waals surface area contributed by atoms with Gasteiger partial charge in [-0.15, -0.1) is 0 Å². The minimum Gasteiger partial charge on any atom is -0.488 e. The molecule has 236 valence electrons. The largest absolute Gasteiger partial charge is 0.488 e. The lowest BCUT2D eigenvalue weighted by Gasteiger charge is -2.25. The molecule has 1 aromatic heterocycles. The molecule has 4 rings (SSSR count). The number of rotatable bonds is 12. The third-order valence-electron chi connectivity index (χ3n) is 6.70. The Labute approximate surface area is 261 Å². The van der Waals surface area contributed by atoms with Crippen LogP contribution >= 0.6 is 11.6 Å². The molecule has 0 bridgehead atoms. The van der Waals surface area contributed by atoms with Crippen molar-refractivity contribution >= 4 is 51.6 Å². The highest BCUT2D eigenvalue weighted by molar-refractivity contribution is 6.31. The number of fused-ring (bicyclic) bond motifs is 1. The molecule has 3 aromatic rings. The lowest BCUT2D eigenvalue weighted by atomic mass is 10.1. The fraction of sp³-hybridized carbons (Fsp3) is 0.438. The summed E-state index contributed by atoms with van der Waals surface area (Å²) in [6.45, 7) is 7.42. The third kappa shape index (κ3) is 9.87. The number of aromatic nitrogens is 2. The van der Waals surface area contributed by atoms with Gasteiger partial charge in [0.1, 0.15) is 29.3 Å². The number of esters is 1. The van der Waals surface area contributed by atoms with Crippen molar-refractivity contribution in [2.75, 3.05) is 30.3 Å². The molecule has 0 aliphatic heterocycles. The van der Waals surface area contributed by atoms with E-state index in [1.807, 2.05) is 0 Å². The maximum absolute atomic E-state index is 13.7. The second-order valence-corrected chi connectivity index (χ2v) is 12.3. The van der Waals surface area contributed by atoms with Gasteiger partial charge < -0.3 is 25.2 Å². The van der Waals surface area contributed by atoms with Crippen molar-refractivity contribution in [3.8, 4) is 5.75 Å². The maximum atomic E-state index is 13.7. The van der Waals surface area contributed by atoms with Gasteiger partial charge in [-0.1, -0.05) is 17.7 Å². The van der Waals surface area contributed by atoms with Crippen molar-refractivity contribution in [2.45, 2.75) is 71.2 Å². The number of hydrogen-bond donors (Lipinski definition) is 3. The van der Waals surface area contributed by atoms with Crippen LogP contribution in [0.2, 0.25) is 5.02 Å². The summed E-state index contributed by atoms with van der Waals surface area (Å²) < 4.78 is 25.4. The Bertz CT molecular complexity index is 1500. The van der Waals surface area contributed by atoms with Crippen LogP contribution < -0.4 is 15.4 Å². The fourth-order valence-electron chi connectivity index (χ4n) is 4.89. The molecule has 1 heterocycles. The number of aliphatic hydroxyl groups is 1. The van der Waals surface area contributed by atoms with E-state index in [-0.39, 0.29) is 30.8 Å². The average Bonchev–Trinajstić information content (AvgIpc) is 3.43. The Balaban J connectivity index is 1.55. The van der Waals surface area contributed by atoms with Crippen LogP contribution in [-0.2, 0) is 14.3 Å². The zero-order valence-electron chi connectivity index (χ0n) is 25.4. The maximum Gasteiger partial charge on any atom is 0.320 e. The highest BCUT2D eigenvalue weighted by Gasteiger charge is 2.21. The van der Waals surface area contributed by atoms with Crippen molar-refractivity contribution in [3.05, 3.63) is 59.7 Å². The summed E-state index contributed by atoms with van der Waals surface area (Å²) in [4.78, 5) is 35.9. The molecule has 0 unspecified atom stereocenters. The molecule has 44 heavy (non-hydrogen) atoms. The normalized spacial score (nSPS) is 14.7. The van der Waals surface area contributed by atoms with Gasteiger partial charge in [-0.2, -0.15) is 0 Å². The Morgan fingerprint density at radius 3 is 2.64 bits per heavy atom. The van der Waals surface area contributed by atoms with Crippen LogP contribution in [0.25, 0.3) is 10.9 Å². The van der Waals surface area contributed by atoms with E-state index in [4.69, 9.17) is 21.1 Å². The fourth-order valence-corrected chi connectivity index (χ4v) is 5.07. The number of anilines is 3. The second kappa shape index (κ2) is 14.8. The van der Waals surface area contributed by atoms with Crippen LogP contribution in [0.1, 0.15) is 53.4 Å². The van der Waals surface area contributed by atoms with Gasteiger partial charge in [0.15, 0.2) is 0 Å². The Kier molecular flexibility index (Phi) is 11.1. The van der Waals surface area contributed by atoms with Gasteiger partial charge >= 0.3 is 5.97 Å². The Hall–Kier alpha value is -3.80. The number of nitrogens with zero attached hydrogens (tertiary/aromatic N) is 3. The van der Waals surface area contributed by atoms with E-state index < -0.39 is 29.4 Å². The summed E-state index contributed by atoms with van der Waals surface area (Å²) in [5.74, 6) is -0.439. The summed E-state index contributed by atoms with van der Waals surface area (Å²) in [6, 6.07) is 7.77. The molecular weight excluding hydrogens is 589 g/mol. The lowest BCUT2D eigenvalue weighted by Crippen LogP contribution is -2.38. The molecule has 1 aliphatic rings. The molecule has 10 nitrogen and oxygen atoms in total. The number of carbonyl (C=O) groups excluding carboxylic acids is 2. The van der Waals surface area contributed by atoms with E-state index in [1.165, 1.54) is 24.5 Å². The van der Waals surface area contributed by atoms with Crippen LogP contribution in [-0.4, -0.2) is 69.3 Å². The number of amides is 1.